The average Bonchev–Trinajstić information content (AvgIpc) is 4.14. The fourth-order valence-corrected chi connectivity index (χ4v) is 13.4. The Morgan fingerprint density at radius 3 is 1.38 bits per heavy atom. The smallest absolute Gasteiger partial charge is 0.0505 e. The Bertz CT molecular complexity index is 3510. The summed E-state index contributed by atoms with van der Waals surface area (Å²) in [5.74, 6) is 1.03. The number of rotatable bonds is 8. The van der Waals surface area contributed by atoms with Gasteiger partial charge >= 0.3 is 0 Å². The summed E-state index contributed by atoms with van der Waals surface area (Å²) in [6.45, 7) is 0. The van der Waals surface area contributed by atoms with E-state index in [-0.39, 0.29) is 5.41 Å². The van der Waals surface area contributed by atoms with Crippen LogP contribution in [0, 0.1) is 11.8 Å². The number of benzene rings is 10. The van der Waals surface area contributed by atoms with E-state index in [0.717, 1.165) is 19.3 Å². The Hall–Kier alpha value is -7.94. The third kappa shape index (κ3) is 5.96. The highest BCUT2D eigenvalue weighted by molar-refractivity contribution is 5.97. The van der Waals surface area contributed by atoms with Gasteiger partial charge in [0.15, 0.2) is 0 Å². The van der Waals surface area contributed by atoms with Crippen LogP contribution in [-0.2, 0) is 24.7 Å². The van der Waals surface area contributed by atoms with Crippen LogP contribution >= 0.6 is 0 Å². The molecule has 1 spiro atoms. The Kier molecular flexibility index (Phi) is 8.99. The van der Waals surface area contributed by atoms with E-state index < -0.39 is 0 Å². The van der Waals surface area contributed by atoms with Crippen molar-refractivity contribution in [3.05, 3.63) is 264 Å². The number of hydrogen-bond acceptors (Lipinski definition) is 2. The minimum Gasteiger partial charge on any atom is -0.310 e. The molecular weight excluding hydrogens is 821 g/mol. The summed E-state index contributed by atoms with van der Waals surface area (Å²) < 4.78 is 0. The molecule has 324 valence electrons. The summed E-state index contributed by atoms with van der Waals surface area (Å²) in [6, 6.07) is 86.6. The summed E-state index contributed by atoms with van der Waals surface area (Å²) in [4.78, 5) is 5.17. The molecule has 2 nitrogen and oxygen atoms in total. The molecule has 4 aliphatic carbocycles. The molecule has 0 amide bonds. The molecule has 2 heteroatoms. The third-order valence-corrected chi connectivity index (χ3v) is 16.1. The van der Waals surface area contributed by atoms with Gasteiger partial charge in [-0.1, -0.05) is 158 Å². The van der Waals surface area contributed by atoms with E-state index in [4.69, 9.17) is 0 Å². The van der Waals surface area contributed by atoms with Crippen molar-refractivity contribution in [1.82, 2.24) is 0 Å². The van der Waals surface area contributed by atoms with Crippen LogP contribution in [0.1, 0.15) is 46.2 Å². The number of hydrogen-bond donors (Lipinski definition) is 0. The highest BCUT2D eigenvalue weighted by atomic mass is 15.2. The second-order valence-corrected chi connectivity index (χ2v) is 19.5. The minimum absolute atomic E-state index is 0.138. The number of anilines is 6. The molecule has 0 N–H and O–H groups in total. The van der Waals surface area contributed by atoms with Crippen molar-refractivity contribution in [2.24, 2.45) is 11.8 Å². The Balaban J connectivity index is 0.977. The Morgan fingerprint density at radius 1 is 0.324 bits per heavy atom. The van der Waals surface area contributed by atoms with Gasteiger partial charge in [-0.3, -0.25) is 0 Å². The lowest BCUT2D eigenvalue weighted by molar-refractivity contribution is 0.350. The highest BCUT2D eigenvalue weighted by Crippen LogP contribution is 2.69. The summed E-state index contributed by atoms with van der Waals surface area (Å²) in [5, 5.41) is 2.51. The SMILES string of the molecule is c1ccc(-c2cc3ccccc3cc2-c2ccc(N(c3ccc4c(c3)Cc3ccccc3-4)c3cccc4c3C35c6c(cccc6N(c6ccccc6)c6ccccc6)CC3CCC5C4)cc2)cc1. The predicted octanol–water partition coefficient (Wildman–Crippen LogP) is 17.1. The van der Waals surface area contributed by atoms with Crippen molar-refractivity contribution >= 4 is 44.9 Å². The maximum Gasteiger partial charge on any atom is 0.0505 e. The number of para-hydroxylation sites is 2. The number of fused-ring (bicyclic) bond motifs is 6. The van der Waals surface area contributed by atoms with Crippen LogP contribution in [-0.4, -0.2) is 0 Å². The van der Waals surface area contributed by atoms with Gasteiger partial charge in [0.2, 0.25) is 0 Å². The quantitative estimate of drug-likeness (QED) is 0.150. The maximum absolute atomic E-state index is 2.63. The summed E-state index contributed by atoms with van der Waals surface area (Å²) in [6.07, 6.45) is 5.63. The van der Waals surface area contributed by atoms with Gasteiger partial charge in [0.1, 0.15) is 0 Å². The van der Waals surface area contributed by atoms with Crippen LogP contribution in [0.3, 0.4) is 0 Å². The maximum atomic E-state index is 2.63. The third-order valence-electron chi connectivity index (χ3n) is 16.1. The molecule has 14 rings (SSSR count). The predicted molar refractivity (Wildman–Crippen MR) is 283 cm³/mol. The van der Waals surface area contributed by atoms with Gasteiger partial charge in [-0.2, -0.15) is 0 Å². The minimum atomic E-state index is -0.138. The Morgan fingerprint density at radius 2 is 0.779 bits per heavy atom. The van der Waals surface area contributed by atoms with Crippen molar-refractivity contribution in [2.45, 2.75) is 37.5 Å². The molecule has 0 aliphatic heterocycles. The first-order valence-corrected chi connectivity index (χ1v) is 24.6. The van der Waals surface area contributed by atoms with Crippen molar-refractivity contribution in [3.8, 4) is 33.4 Å². The van der Waals surface area contributed by atoms with Gasteiger partial charge < -0.3 is 9.80 Å². The molecule has 0 heterocycles. The second kappa shape index (κ2) is 15.6. The largest absolute Gasteiger partial charge is 0.310 e. The van der Waals surface area contributed by atoms with Crippen molar-refractivity contribution in [1.29, 1.82) is 0 Å². The van der Waals surface area contributed by atoms with Crippen LogP contribution < -0.4 is 9.80 Å². The van der Waals surface area contributed by atoms with E-state index in [1.54, 1.807) is 0 Å². The van der Waals surface area contributed by atoms with E-state index in [9.17, 15) is 0 Å². The molecule has 4 aliphatic rings. The van der Waals surface area contributed by atoms with Crippen LogP contribution in [0.2, 0.25) is 0 Å². The molecule has 10 aromatic carbocycles. The van der Waals surface area contributed by atoms with Gasteiger partial charge in [-0.05, 0) is 194 Å². The monoisotopic (exact) mass is 870 g/mol. The zero-order valence-corrected chi connectivity index (χ0v) is 38.0. The van der Waals surface area contributed by atoms with Gasteiger partial charge in [0, 0.05) is 28.2 Å². The van der Waals surface area contributed by atoms with E-state index >= 15 is 0 Å². The average molecular weight is 871 g/mol. The summed E-state index contributed by atoms with van der Waals surface area (Å²) >= 11 is 0. The van der Waals surface area contributed by atoms with E-state index in [1.165, 1.54) is 124 Å². The molecule has 68 heavy (non-hydrogen) atoms. The van der Waals surface area contributed by atoms with Gasteiger partial charge in [-0.15, -0.1) is 0 Å². The van der Waals surface area contributed by atoms with E-state index in [2.05, 4.69) is 240 Å². The molecule has 1 saturated carbocycles. The fourth-order valence-electron chi connectivity index (χ4n) is 13.4. The van der Waals surface area contributed by atoms with Gasteiger partial charge in [-0.25, -0.2) is 0 Å². The molecule has 10 aromatic rings. The Labute approximate surface area is 399 Å². The summed E-state index contributed by atoms with van der Waals surface area (Å²) in [7, 11) is 0. The van der Waals surface area contributed by atoms with Crippen LogP contribution in [0.4, 0.5) is 34.1 Å². The first-order valence-electron chi connectivity index (χ1n) is 24.6. The lowest BCUT2D eigenvalue weighted by Gasteiger charge is -2.40. The molecule has 3 atom stereocenters. The molecule has 3 unspecified atom stereocenters. The molecule has 0 radical (unpaired) electrons. The molecule has 0 aromatic heterocycles. The number of nitrogens with zero attached hydrogens (tertiary/aromatic N) is 2. The topological polar surface area (TPSA) is 6.48 Å². The molecule has 0 bridgehead atoms. The highest BCUT2D eigenvalue weighted by Gasteiger charge is 2.62. The normalized spacial score (nSPS) is 18.1. The van der Waals surface area contributed by atoms with Crippen molar-refractivity contribution in [2.75, 3.05) is 9.80 Å². The molecule has 0 saturated heterocycles. The van der Waals surface area contributed by atoms with Gasteiger partial charge in [0.25, 0.3) is 0 Å². The lowest BCUT2D eigenvalue weighted by Crippen LogP contribution is -2.34. The zero-order valence-electron chi connectivity index (χ0n) is 38.0. The van der Waals surface area contributed by atoms with Crippen molar-refractivity contribution in [3.63, 3.8) is 0 Å². The zero-order chi connectivity index (χ0) is 44.8. The van der Waals surface area contributed by atoms with E-state index in [0.29, 0.717) is 11.8 Å². The molecule has 1 fully saturated rings. The lowest BCUT2D eigenvalue weighted by atomic mass is 9.68. The summed E-state index contributed by atoms with van der Waals surface area (Å²) in [5.41, 5.74) is 23.8. The molecular formula is C66H50N2. The van der Waals surface area contributed by atoms with Crippen LogP contribution in [0.15, 0.2) is 231 Å². The van der Waals surface area contributed by atoms with E-state index in [1.807, 2.05) is 0 Å². The van der Waals surface area contributed by atoms with Gasteiger partial charge in [0.05, 0.1) is 11.4 Å². The standard InChI is InChI=1S/C66H50N2/c1-4-16-44(17-5-1)60-42-46-18-10-11-19-47(46)43-61(60)45-30-34-56(35-31-45)68(57-36-37-59-51(41-57)38-48-20-12-13-27-58(48)59)63-29-15-22-50-40-53-33-32-52-39-49-21-14-28-62(64(49)66(52,53)65(50)63)67(54-23-6-2-7-24-54)55-25-8-3-9-26-55/h1-31,34-37,41-43,52-53H,32-33,38-40H2. The van der Waals surface area contributed by atoms with Crippen LogP contribution in [0.5, 0.6) is 0 Å². The first-order chi connectivity index (χ1) is 33.7. The van der Waals surface area contributed by atoms with Crippen molar-refractivity contribution < 1.29 is 0 Å². The fraction of sp³-hybridized carbons (Fsp3) is 0.121. The first kappa shape index (κ1) is 39.2. The van der Waals surface area contributed by atoms with Crippen LogP contribution in [0.25, 0.3) is 44.2 Å². The second-order valence-electron chi connectivity index (χ2n) is 19.5.